The number of nitrogens with one attached hydrogen (secondary N) is 1. The van der Waals surface area contributed by atoms with Crippen molar-refractivity contribution in [2.75, 3.05) is 13.1 Å². The zero-order chi connectivity index (χ0) is 13.9. The summed E-state index contributed by atoms with van der Waals surface area (Å²) >= 11 is 0. The lowest BCUT2D eigenvalue weighted by molar-refractivity contribution is 0.134. The third-order valence-electron chi connectivity index (χ3n) is 4.30. The fraction of sp³-hybridized carbons (Fsp3) is 1.00. The van der Waals surface area contributed by atoms with Gasteiger partial charge in [0, 0.05) is 24.7 Å². The number of hydrogen-bond acceptors (Lipinski definition) is 3. The molecule has 0 bridgehead atoms. The van der Waals surface area contributed by atoms with Crippen molar-refractivity contribution >= 4 is 10.2 Å². The molecule has 0 unspecified atom stereocenters. The van der Waals surface area contributed by atoms with E-state index in [1.807, 2.05) is 6.92 Å². The Kier molecular flexibility index (Phi) is 4.87. The number of nitrogens with two attached hydrogens (primary N) is 1. The van der Waals surface area contributed by atoms with Crippen LogP contribution < -0.4 is 10.5 Å². The highest BCUT2D eigenvalue weighted by atomic mass is 32.2. The third-order valence-corrected chi connectivity index (χ3v) is 6.08. The van der Waals surface area contributed by atoms with E-state index in [0.29, 0.717) is 13.1 Å². The maximum atomic E-state index is 12.6. The minimum absolute atomic E-state index is 0.155. The van der Waals surface area contributed by atoms with Crippen LogP contribution >= 0.6 is 0 Å². The van der Waals surface area contributed by atoms with Gasteiger partial charge in [-0.3, -0.25) is 0 Å². The van der Waals surface area contributed by atoms with E-state index in [2.05, 4.69) is 4.72 Å². The predicted molar refractivity (Wildman–Crippen MR) is 76.9 cm³/mol. The Bertz CT molecular complexity index is 387. The normalized spacial score (nSPS) is 23.7. The maximum absolute atomic E-state index is 12.6. The molecule has 0 aromatic heterocycles. The second kappa shape index (κ2) is 6.08. The monoisotopic (exact) mass is 289 g/mol. The molecule has 0 radical (unpaired) electrons. The van der Waals surface area contributed by atoms with E-state index in [1.54, 1.807) is 4.31 Å². The summed E-state index contributed by atoms with van der Waals surface area (Å²) in [6, 6.07) is 0.155. The molecule has 112 valence electrons. The van der Waals surface area contributed by atoms with Crippen LogP contribution in [0.1, 0.15) is 58.3 Å². The molecule has 0 aliphatic heterocycles. The van der Waals surface area contributed by atoms with Crippen molar-refractivity contribution in [1.82, 2.24) is 9.03 Å². The predicted octanol–water partition coefficient (Wildman–Crippen LogP) is 1.36. The average molecular weight is 289 g/mol. The van der Waals surface area contributed by atoms with Gasteiger partial charge < -0.3 is 5.73 Å². The van der Waals surface area contributed by atoms with E-state index in [9.17, 15) is 8.42 Å². The fourth-order valence-corrected chi connectivity index (χ4v) is 5.03. The Morgan fingerprint density at radius 2 is 1.89 bits per heavy atom. The topological polar surface area (TPSA) is 75.4 Å². The second-order valence-corrected chi connectivity index (χ2v) is 7.59. The van der Waals surface area contributed by atoms with Gasteiger partial charge in [-0.05, 0) is 32.1 Å². The summed E-state index contributed by atoms with van der Waals surface area (Å²) in [7, 11) is -3.39. The molecule has 2 saturated carbocycles. The van der Waals surface area contributed by atoms with Crippen LogP contribution in [-0.2, 0) is 10.2 Å². The maximum Gasteiger partial charge on any atom is 0.280 e. The van der Waals surface area contributed by atoms with Crippen LogP contribution in [0.3, 0.4) is 0 Å². The van der Waals surface area contributed by atoms with Crippen molar-refractivity contribution in [3.63, 3.8) is 0 Å². The Labute approximate surface area is 117 Å². The number of hydrogen-bond donors (Lipinski definition) is 2. The lowest BCUT2D eigenvalue weighted by Crippen LogP contribution is -2.60. The van der Waals surface area contributed by atoms with E-state index < -0.39 is 10.2 Å². The van der Waals surface area contributed by atoms with Crippen LogP contribution in [0.4, 0.5) is 0 Å². The molecular weight excluding hydrogens is 262 g/mol. The minimum Gasteiger partial charge on any atom is -0.329 e. The van der Waals surface area contributed by atoms with Crippen molar-refractivity contribution < 1.29 is 8.42 Å². The molecule has 0 aromatic rings. The molecular formula is C13H27N3O2S. The molecule has 6 heteroatoms. The summed E-state index contributed by atoms with van der Waals surface area (Å²) in [5, 5.41) is 0. The molecule has 0 atom stereocenters. The highest BCUT2D eigenvalue weighted by molar-refractivity contribution is 7.87. The fourth-order valence-electron chi connectivity index (χ4n) is 3.06. The van der Waals surface area contributed by atoms with Gasteiger partial charge >= 0.3 is 0 Å². The van der Waals surface area contributed by atoms with Crippen LogP contribution in [-0.4, -0.2) is 37.4 Å². The first-order valence-electron chi connectivity index (χ1n) is 7.54. The highest BCUT2D eigenvalue weighted by Crippen LogP contribution is 2.35. The van der Waals surface area contributed by atoms with Crippen molar-refractivity contribution in [3.05, 3.63) is 0 Å². The molecule has 0 spiro atoms. The van der Waals surface area contributed by atoms with Gasteiger partial charge in [0.25, 0.3) is 10.2 Å². The summed E-state index contributed by atoms with van der Waals surface area (Å²) in [6.45, 7) is 3.02. The summed E-state index contributed by atoms with van der Waals surface area (Å²) in [5.74, 6) is 0. The molecule has 0 saturated heterocycles. The van der Waals surface area contributed by atoms with E-state index in [-0.39, 0.29) is 11.6 Å². The van der Waals surface area contributed by atoms with Gasteiger partial charge in [0.05, 0.1) is 0 Å². The van der Waals surface area contributed by atoms with Crippen LogP contribution in [0.15, 0.2) is 0 Å². The van der Waals surface area contributed by atoms with Crippen molar-refractivity contribution in [2.24, 2.45) is 5.73 Å². The van der Waals surface area contributed by atoms with Gasteiger partial charge in [-0.1, -0.05) is 26.2 Å². The summed E-state index contributed by atoms with van der Waals surface area (Å²) in [4.78, 5) is 0. The smallest absolute Gasteiger partial charge is 0.280 e. The van der Waals surface area contributed by atoms with E-state index in [1.165, 1.54) is 6.42 Å². The largest absolute Gasteiger partial charge is 0.329 e. The highest BCUT2D eigenvalue weighted by Gasteiger charge is 2.44. The average Bonchev–Trinajstić information content (AvgIpc) is 3.19. The Hall–Kier alpha value is -0.170. The standard InChI is InChI=1S/C13H27N3O2S/c1-2-10-16(19(17,18)15-12-6-7-12)13(11-14)8-4-3-5-9-13/h12,15H,2-11,14H2,1H3. The summed E-state index contributed by atoms with van der Waals surface area (Å²) in [5.41, 5.74) is 5.63. The molecule has 2 fully saturated rings. The van der Waals surface area contributed by atoms with Gasteiger partial charge in [0.15, 0.2) is 0 Å². The van der Waals surface area contributed by atoms with Crippen LogP contribution in [0, 0.1) is 0 Å². The first kappa shape index (κ1) is 15.2. The SMILES string of the molecule is CCCN(C1(CN)CCCCC1)S(=O)(=O)NC1CC1. The molecule has 2 aliphatic rings. The summed E-state index contributed by atoms with van der Waals surface area (Å²) in [6.07, 6.45) is 7.91. The molecule has 0 heterocycles. The van der Waals surface area contributed by atoms with E-state index in [4.69, 9.17) is 5.73 Å². The molecule has 5 nitrogen and oxygen atoms in total. The third kappa shape index (κ3) is 3.48. The Balaban J connectivity index is 2.20. The van der Waals surface area contributed by atoms with Crippen LogP contribution in [0.25, 0.3) is 0 Å². The van der Waals surface area contributed by atoms with Gasteiger partial charge in [0.2, 0.25) is 0 Å². The lowest BCUT2D eigenvalue weighted by atomic mass is 9.81. The zero-order valence-electron chi connectivity index (χ0n) is 11.9. The molecule has 2 rings (SSSR count). The van der Waals surface area contributed by atoms with Crippen LogP contribution in [0.2, 0.25) is 0 Å². The first-order chi connectivity index (χ1) is 9.04. The molecule has 19 heavy (non-hydrogen) atoms. The van der Waals surface area contributed by atoms with Gasteiger partial charge in [-0.2, -0.15) is 17.4 Å². The Morgan fingerprint density at radius 3 is 2.37 bits per heavy atom. The molecule has 3 N–H and O–H groups in total. The van der Waals surface area contributed by atoms with Gasteiger partial charge in [-0.15, -0.1) is 0 Å². The van der Waals surface area contributed by atoms with E-state index in [0.717, 1.165) is 44.9 Å². The number of rotatable bonds is 7. The zero-order valence-corrected chi connectivity index (χ0v) is 12.7. The van der Waals surface area contributed by atoms with Crippen molar-refractivity contribution in [1.29, 1.82) is 0 Å². The van der Waals surface area contributed by atoms with Crippen molar-refractivity contribution in [3.8, 4) is 0 Å². The number of nitrogens with zero attached hydrogens (tertiary/aromatic N) is 1. The minimum atomic E-state index is -3.39. The molecule has 2 aliphatic carbocycles. The van der Waals surface area contributed by atoms with E-state index >= 15 is 0 Å². The summed E-state index contributed by atoms with van der Waals surface area (Å²) < 4.78 is 29.7. The second-order valence-electron chi connectivity index (χ2n) is 5.96. The molecule has 0 amide bonds. The molecule has 0 aromatic carbocycles. The lowest BCUT2D eigenvalue weighted by Gasteiger charge is -2.44. The van der Waals surface area contributed by atoms with Gasteiger partial charge in [-0.25, -0.2) is 0 Å². The van der Waals surface area contributed by atoms with Crippen LogP contribution in [0.5, 0.6) is 0 Å². The first-order valence-corrected chi connectivity index (χ1v) is 8.98. The Morgan fingerprint density at radius 1 is 1.26 bits per heavy atom. The van der Waals surface area contributed by atoms with Crippen molar-refractivity contribution in [2.45, 2.75) is 69.9 Å². The quantitative estimate of drug-likeness (QED) is 0.743. The van der Waals surface area contributed by atoms with Gasteiger partial charge in [0.1, 0.15) is 0 Å².